The summed E-state index contributed by atoms with van der Waals surface area (Å²) < 4.78 is 5.92. The molecule has 0 radical (unpaired) electrons. The van der Waals surface area contributed by atoms with E-state index in [-0.39, 0.29) is 17.3 Å². The van der Waals surface area contributed by atoms with Crippen LogP contribution >= 0.6 is 0 Å². The molecule has 0 saturated carbocycles. The van der Waals surface area contributed by atoms with E-state index in [1.54, 1.807) is 12.3 Å². The first kappa shape index (κ1) is 14.7. The standard InChI is InChI=1S/C14H21N3O3/c1-3-14(4-2)9-11(6-8-20-14)16-12-5-7-15-10-13(12)17(18)19/h5,7,10-11H,3-4,6,8-9H2,1-2H3,(H,15,16). The molecule has 2 heterocycles. The van der Waals surface area contributed by atoms with Crippen molar-refractivity contribution >= 4 is 11.4 Å². The van der Waals surface area contributed by atoms with E-state index in [1.807, 2.05) is 0 Å². The van der Waals surface area contributed by atoms with Crippen LogP contribution in [-0.2, 0) is 4.74 Å². The second-order valence-electron chi connectivity index (χ2n) is 5.22. The summed E-state index contributed by atoms with van der Waals surface area (Å²) in [6.07, 6.45) is 6.51. The predicted molar refractivity (Wildman–Crippen MR) is 76.8 cm³/mol. The Morgan fingerprint density at radius 3 is 2.95 bits per heavy atom. The minimum absolute atomic E-state index is 0.0255. The minimum Gasteiger partial charge on any atom is -0.376 e. The number of ether oxygens (including phenoxy) is 1. The molecule has 0 aromatic carbocycles. The normalized spacial score (nSPS) is 21.4. The monoisotopic (exact) mass is 279 g/mol. The Morgan fingerprint density at radius 2 is 2.30 bits per heavy atom. The second-order valence-corrected chi connectivity index (χ2v) is 5.22. The molecule has 6 nitrogen and oxygen atoms in total. The highest BCUT2D eigenvalue weighted by molar-refractivity contribution is 5.60. The second kappa shape index (κ2) is 6.17. The van der Waals surface area contributed by atoms with Crippen LogP contribution in [0, 0.1) is 10.1 Å². The quantitative estimate of drug-likeness (QED) is 0.661. The molecule has 1 fully saturated rings. The van der Waals surface area contributed by atoms with Crippen molar-refractivity contribution in [1.29, 1.82) is 0 Å². The molecule has 1 aromatic rings. The summed E-state index contributed by atoms with van der Waals surface area (Å²) in [6.45, 7) is 4.94. The van der Waals surface area contributed by atoms with Gasteiger partial charge in [-0.2, -0.15) is 0 Å². The van der Waals surface area contributed by atoms with Gasteiger partial charge < -0.3 is 10.1 Å². The van der Waals surface area contributed by atoms with Crippen LogP contribution in [0.1, 0.15) is 39.5 Å². The molecular weight excluding hydrogens is 258 g/mol. The Labute approximate surface area is 118 Å². The molecule has 0 spiro atoms. The summed E-state index contributed by atoms with van der Waals surface area (Å²) in [4.78, 5) is 14.4. The predicted octanol–water partition coefficient (Wildman–Crippen LogP) is 3.14. The Bertz CT molecular complexity index is 474. The maximum Gasteiger partial charge on any atom is 0.310 e. The molecule has 1 atom stereocenters. The van der Waals surface area contributed by atoms with Crippen molar-refractivity contribution in [2.24, 2.45) is 0 Å². The van der Waals surface area contributed by atoms with Crippen molar-refractivity contribution in [2.45, 2.75) is 51.2 Å². The summed E-state index contributed by atoms with van der Waals surface area (Å²) >= 11 is 0. The first-order chi connectivity index (χ1) is 9.60. The lowest BCUT2D eigenvalue weighted by Gasteiger charge is -2.40. The van der Waals surface area contributed by atoms with Crippen LogP contribution in [0.3, 0.4) is 0 Å². The number of pyridine rings is 1. The highest BCUT2D eigenvalue weighted by Crippen LogP contribution is 2.34. The molecule has 0 aliphatic carbocycles. The van der Waals surface area contributed by atoms with E-state index in [2.05, 4.69) is 24.1 Å². The molecule has 0 bridgehead atoms. The summed E-state index contributed by atoms with van der Waals surface area (Å²) in [5, 5.41) is 14.3. The molecule has 110 valence electrons. The smallest absolute Gasteiger partial charge is 0.310 e. The molecule has 0 amide bonds. The Balaban J connectivity index is 2.12. The third-order valence-corrected chi connectivity index (χ3v) is 4.14. The lowest BCUT2D eigenvalue weighted by Crippen LogP contribution is -2.43. The molecule has 1 aliphatic rings. The van der Waals surface area contributed by atoms with Gasteiger partial charge in [-0.1, -0.05) is 13.8 Å². The zero-order valence-corrected chi connectivity index (χ0v) is 12.0. The van der Waals surface area contributed by atoms with Crippen LogP contribution in [0.4, 0.5) is 11.4 Å². The number of nitrogens with one attached hydrogen (secondary N) is 1. The Morgan fingerprint density at radius 1 is 1.55 bits per heavy atom. The number of hydrogen-bond donors (Lipinski definition) is 1. The van der Waals surface area contributed by atoms with Gasteiger partial charge in [-0.15, -0.1) is 0 Å². The van der Waals surface area contributed by atoms with Crippen LogP contribution in [0.15, 0.2) is 18.5 Å². The largest absolute Gasteiger partial charge is 0.376 e. The van der Waals surface area contributed by atoms with E-state index >= 15 is 0 Å². The van der Waals surface area contributed by atoms with E-state index in [9.17, 15) is 10.1 Å². The van der Waals surface area contributed by atoms with E-state index in [1.165, 1.54) is 6.20 Å². The number of hydrogen-bond acceptors (Lipinski definition) is 5. The summed E-state index contributed by atoms with van der Waals surface area (Å²) in [6, 6.07) is 1.86. The average Bonchev–Trinajstić information content (AvgIpc) is 2.47. The maximum atomic E-state index is 11.0. The number of nitro groups is 1. The van der Waals surface area contributed by atoms with Gasteiger partial charge in [0.05, 0.1) is 10.5 Å². The third-order valence-electron chi connectivity index (χ3n) is 4.14. The van der Waals surface area contributed by atoms with Crippen LogP contribution < -0.4 is 5.32 Å². The van der Waals surface area contributed by atoms with Crippen molar-refractivity contribution in [3.8, 4) is 0 Å². The molecular formula is C14H21N3O3. The summed E-state index contributed by atoms with van der Waals surface area (Å²) in [5.41, 5.74) is 0.466. The van der Waals surface area contributed by atoms with Gasteiger partial charge >= 0.3 is 5.69 Å². The average molecular weight is 279 g/mol. The molecule has 20 heavy (non-hydrogen) atoms. The lowest BCUT2D eigenvalue weighted by atomic mass is 9.86. The van der Waals surface area contributed by atoms with E-state index in [0.29, 0.717) is 12.3 Å². The fourth-order valence-electron chi connectivity index (χ4n) is 2.77. The number of aromatic nitrogens is 1. The zero-order chi connectivity index (χ0) is 14.6. The van der Waals surface area contributed by atoms with Crippen molar-refractivity contribution in [3.05, 3.63) is 28.6 Å². The Kier molecular flexibility index (Phi) is 4.54. The zero-order valence-electron chi connectivity index (χ0n) is 12.0. The number of rotatable bonds is 5. The fraction of sp³-hybridized carbons (Fsp3) is 0.643. The maximum absolute atomic E-state index is 11.0. The molecule has 1 saturated heterocycles. The molecule has 1 N–H and O–H groups in total. The van der Waals surface area contributed by atoms with Gasteiger partial charge in [-0.05, 0) is 31.7 Å². The van der Waals surface area contributed by atoms with Crippen molar-refractivity contribution in [3.63, 3.8) is 0 Å². The fourth-order valence-corrected chi connectivity index (χ4v) is 2.77. The van der Waals surface area contributed by atoms with Crippen LogP contribution in [0.5, 0.6) is 0 Å². The number of nitrogens with zero attached hydrogens (tertiary/aromatic N) is 2. The summed E-state index contributed by atoms with van der Waals surface area (Å²) in [5.74, 6) is 0. The minimum atomic E-state index is -0.401. The topological polar surface area (TPSA) is 77.3 Å². The lowest BCUT2D eigenvalue weighted by molar-refractivity contribution is -0.384. The molecule has 2 rings (SSSR count). The van der Waals surface area contributed by atoms with Gasteiger partial charge in [0.1, 0.15) is 11.9 Å². The van der Waals surface area contributed by atoms with Crippen molar-refractivity contribution < 1.29 is 9.66 Å². The van der Waals surface area contributed by atoms with Gasteiger partial charge in [-0.25, -0.2) is 0 Å². The van der Waals surface area contributed by atoms with Crippen molar-refractivity contribution in [2.75, 3.05) is 11.9 Å². The molecule has 1 aromatic heterocycles. The first-order valence-electron chi connectivity index (χ1n) is 7.09. The highest BCUT2D eigenvalue weighted by Gasteiger charge is 2.35. The molecule has 1 unspecified atom stereocenters. The van der Waals surface area contributed by atoms with E-state index < -0.39 is 4.92 Å². The van der Waals surface area contributed by atoms with Gasteiger partial charge in [-0.3, -0.25) is 15.1 Å². The van der Waals surface area contributed by atoms with Crippen molar-refractivity contribution in [1.82, 2.24) is 4.98 Å². The summed E-state index contributed by atoms with van der Waals surface area (Å²) in [7, 11) is 0. The van der Waals surface area contributed by atoms with Gasteiger partial charge in [0.25, 0.3) is 0 Å². The first-order valence-corrected chi connectivity index (χ1v) is 7.09. The third kappa shape index (κ3) is 3.07. The van der Waals surface area contributed by atoms with Crippen LogP contribution in [0.25, 0.3) is 0 Å². The number of anilines is 1. The van der Waals surface area contributed by atoms with Gasteiger partial charge in [0.2, 0.25) is 0 Å². The molecule has 6 heteroatoms. The van der Waals surface area contributed by atoms with Crippen LogP contribution in [-0.4, -0.2) is 28.2 Å². The van der Waals surface area contributed by atoms with Crippen LogP contribution in [0.2, 0.25) is 0 Å². The van der Waals surface area contributed by atoms with Gasteiger partial charge in [0, 0.05) is 18.8 Å². The van der Waals surface area contributed by atoms with E-state index in [4.69, 9.17) is 4.74 Å². The SMILES string of the molecule is CCC1(CC)CC(Nc2ccncc2[N+](=O)[O-])CCO1. The Hall–Kier alpha value is -1.69. The molecule has 1 aliphatic heterocycles. The van der Waals surface area contributed by atoms with E-state index in [0.717, 1.165) is 25.7 Å². The van der Waals surface area contributed by atoms with Gasteiger partial charge in [0.15, 0.2) is 0 Å². The highest BCUT2D eigenvalue weighted by atomic mass is 16.6.